The van der Waals surface area contributed by atoms with E-state index in [9.17, 15) is 4.79 Å². The van der Waals surface area contributed by atoms with Gasteiger partial charge in [-0.3, -0.25) is 9.69 Å². The standard InChI is InChI=1S/C22H33N3O3/c1-3-8-24-14-17-4-6-19(24)16-25(15-17)22(26)18-5-7-21(27-2)20(13-18)23-9-11-28-12-10-23/h5,7,13,17,19H,3-4,6,8-12,14-16H2,1-2H3/t17-,19-/m0/s1. The van der Waals surface area contributed by atoms with Crippen LogP contribution in [0.2, 0.25) is 0 Å². The van der Waals surface area contributed by atoms with Gasteiger partial charge in [0.15, 0.2) is 0 Å². The molecule has 4 aliphatic heterocycles. The van der Waals surface area contributed by atoms with Crippen molar-refractivity contribution < 1.29 is 14.3 Å². The number of fused-ring (bicyclic) bond motifs is 4. The zero-order valence-electron chi connectivity index (χ0n) is 17.2. The van der Waals surface area contributed by atoms with E-state index >= 15 is 0 Å². The van der Waals surface area contributed by atoms with E-state index in [0.717, 1.165) is 56.3 Å². The van der Waals surface area contributed by atoms with Gasteiger partial charge in [0, 0.05) is 44.3 Å². The van der Waals surface area contributed by atoms with E-state index in [0.29, 0.717) is 25.2 Å². The number of morpholine rings is 1. The second kappa shape index (κ2) is 8.70. The number of benzene rings is 1. The lowest BCUT2D eigenvalue weighted by molar-refractivity contribution is 0.0738. The molecule has 2 bridgehead atoms. The fourth-order valence-corrected chi connectivity index (χ4v) is 4.96. The van der Waals surface area contributed by atoms with Crippen LogP contribution in [0.1, 0.15) is 36.5 Å². The molecule has 0 saturated carbocycles. The van der Waals surface area contributed by atoms with Gasteiger partial charge in [0.2, 0.25) is 0 Å². The van der Waals surface area contributed by atoms with Crippen molar-refractivity contribution in [3.63, 3.8) is 0 Å². The van der Waals surface area contributed by atoms with E-state index in [-0.39, 0.29) is 5.91 Å². The van der Waals surface area contributed by atoms with Crippen molar-refractivity contribution in [2.75, 3.05) is 64.5 Å². The average Bonchev–Trinajstić information content (AvgIpc) is 3.05. The minimum atomic E-state index is 0.160. The highest BCUT2D eigenvalue weighted by Gasteiger charge is 2.36. The molecule has 0 N–H and O–H groups in total. The molecule has 0 aromatic heterocycles. The third kappa shape index (κ3) is 3.98. The second-order valence-electron chi connectivity index (χ2n) is 8.29. The normalized spacial score (nSPS) is 25.6. The van der Waals surface area contributed by atoms with Crippen LogP contribution in [0.4, 0.5) is 5.69 Å². The highest BCUT2D eigenvalue weighted by atomic mass is 16.5. The number of carbonyl (C=O) groups excluding carboxylic acids is 1. The Kier molecular flexibility index (Phi) is 6.07. The highest BCUT2D eigenvalue weighted by Crippen LogP contribution is 2.32. The minimum absolute atomic E-state index is 0.160. The van der Waals surface area contributed by atoms with Gasteiger partial charge in [-0.1, -0.05) is 6.92 Å². The summed E-state index contributed by atoms with van der Waals surface area (Å²) in [5.74, 6) is 1.59. The number of hydrogen-bond acceptors (Lipinski definition) is 5. The molecule has 4 heterocycles. The van der Waals surface area contributed by atoms with Crippen LogP contribution in [0, 0.1) is 5.92 Å². The van der Waals surface area contributed by atoms with Gasteiger partial charge >= 0.3 is 0 Å². The maximum Gasteiger partial charge on any atom is 0.253 e. The molecule has 4 fully saturated rings. The molecule has 1 amide bonds. The summed E-state index contributed by atoms with van der Waals surface area (Å²) >= 11 is 0. The Bertz CT molecular complexity index is 690. The van der Waals surface area contributed by atoms with Crippen LogP contribution in [-0.4, -0.2) is 81.3 Å². The molecule has 6 heteroatoms. The zero-order valence-corrected chi connectivity index (χ0v) is 17.2. The molecule has 0 unspecified atom stereocenters. The van der Waals surface area contributed by atoms with Crippen LogP contribution in [0.3, 0.4) is 0 Å². The van der Waals surface area contributed by atoms with E-state index < -0.39 is 0 Å². The number of piperidine rings is 1. The summed E-state index contributed by atoms with van der Waals surface area (Å²) in [4.78, 5) is 20.4. The first-order valence-corrected chi connectivity index (χ1v) is 10.7. The average molecular weight is 388 g/mol. The topological polar surface area (TPSA) is 45.2 Å². The summed E-state index contributed by atoms with van der Waals surface area (Å²) in [6, 6.07) is 6.39. The summed E-state index contributed by atoms with van der Waals surface area (Å²) in [7, 11) is 1.69. The van der Waals surface area contributed by atoms with Gasteiger partial charge in [-0.25, -0.2) is 0 Å². The van der Waals surface area contributed by atoms with Crippen molar-refractivity contribution in [2.45, 2.75) is 32.2 Å². The molecule has 2 atom stereocenters. The number of carbonyl (C=O) groups is 1. The van der Waals surface area contributed by atoms with Crippen LogP contribution in [0.15, 0.2) is 18.2 Å². The lowest BCUT2D eigenvalue weighted by atomic mass is 9.95. The zero-order chi connectivity index (χ0) is 19.5. The Morgan fingerprint density at radius 2 is 2.00 bits per heavy atom. The van der Waals surface area contributed by atoms with Gasteiger partial charge in [-0.05, 0) is 49.9 Å². The molecule has 5 rings (SSSR count). The fraction of sp³-hybridized carbons (Fsp3) is 0.682. The van der Waals surface area contributed by atoms with E-state index in [1.807, 2.05) is 18.2 Å². The molecule has 154 valence electrons. The summed E-state index contributed by atoms with van der Waals surface area (Å²) in [5, 5.41) is 0. The number of rotatable bonds is 5. The number of amides is 1. The van der Waals surface area contributed by atoms with Crippen molar-refractivity contribution in [3.8, 4) is 5.75 Å². The van der Waals surface area contributed by atoms with Crippen LogP contribution in [0.25, 0.3) is 0 Å². The van der Waals surface area contributed by atoms with Gasteiger partial charge in [-0.15, -0.1) is 0 Å². The smallest absolute Gasteiger partial charge is 0.253 e. The van der Waals surface area contributed by atoms with Gasteiger partial charge in [-0.2, -0.15) is 0 Å². The molecule has 0 radical (unpaired) electrons. The largest absolute Gasteiger partial charge is 0.495 e. The molecule has 1 aromatic carbocycles. The maximum absolute atomic E-state index is 13.4. The van der Waals surface area contributed by atoms with E-state index in [2.05, 4.69) is 21.6 Å². The lowest BCUT2D eigenvalue weighted by Crippen LogP contribution is -2.44. The predicted octanol–water partition coefficient (Wildman–Crippen LogP) is 2.48. The first-order chi connectivity index (χ1) is 13.7. The molecular formula is C22H33N3O3. The maximum atomic E-state index is 13.4. The number of methoxy groups -OCH3 is 1. The Morgan fingerprint density at radius 1 is 1.18 bits per heavy atom. The van der Waals surface area contributed by atoms with Gasteiger partial charge in [0.05, 0.1) is 26.0 Å². The number of hydrogen-bond donors (Lipinski definition) is 0. The SMILES string of the molecule is CCCN1C[C@@H]2CC[C@H]1CN(C(=O)c1ccc(OC)c(N3CCOCC3)c1)C2. The summed E-state index contributed by atoms with van der Waals surface area (Å²) < 4.78 is 11.0. The summed E-state index contributed by atoms with van der Waals surface area (Å²) in [6.45, 7) is 9.35. The van der Waals surface area contributed by atoms with Crippen molar-refractivity contribution >= 4 is 11.6 Å². The van der Waals surface area contributed by atoms with E-state index in [1.165, 1.54) is 19.3 Å². The second-order valence-corrected chi connectivity index (χ2v) is 8.29. The highest BCUT2D eigenvalue weighted by molar-refractivity contribution is 5.96. The molecule has 4 aliphatic rings. The van der Waals surface area contributed by atoms with Crippen molar-refractivity contribution in [1.82, 2.24) is 9.80 Å². The van der Waals surface area contributed by atoms with E-state index in [4.69, 9.17) is 9.47 Å². The van der Waals surface area contributed by atoms with Gasteiger partial charge < -0.3 is 19.3 Å². The Labute approximate surface area is 168 Å². The Hall–Kier alpha value is -1.79. The Morgan fingerprint density at radius 3 is 2.75 bits per heavy atom. The Balaban J connectivity index is 1.54. The molecular weight excluding hydrogens is 354 g/mol. The number of anilines is 1. The van der Waals surface area contributed by atoms with Gasteiger partial charge in [0.1, 0.15) is 5.75 Å². The van der Waals surface area contributed by atoms with Gasteiger partial charge in [0.25, 0.3) is 5.91 Å². The molecule has 28 heavy (non-hydrogen) atoms. The first-order valence-electron chi connectivity index (χ1n) is 10.7. The molecule has 4 saturated heterocycles. The lowest BCUT2D eigenvalue weighted by Gasteiger charge is -2.35. The third-order valence-electron chi connectivity index (χ3n) is 6.40. The fourth-order valence-electron chi connectivity index (χ4n) is 4.96. The molecule has 6 nitrogen and oxygen atoms in total. The van der Waals surface area contributed by atoms with Crippen LogP contribution >= 0.6 is 0 Å². The van der Waals surface area contributed by atoms with E-state index in [1.54, 1.807) is 7.11 Å². The molecule has 0 aliphatic carbocycles. The monoisotopic (exact) mass is 387 g/mol. The summed E-state index contributed by atoms with van der Waals surface area (Å²) in [6.07, 6.45) is 3.64. The molecule has 1 aromatic rings. The van der Waals surface area contributed by atoms with Crippen molar-refractivity contribution in [1.29, 1.82) is 0 Å². The summed E-state index contributed by atoms with van der Waals surface area (Å²) in [5.41, 5.74) is 1.77. The van der Waals surface area contributed by atoms with Crippen molar-refractivity contribution in [3.05, 3.63) is 23.8 Å². The molecule has 0 spiro atoms. The number of nitrogens with zero attached hydrogens (tertiary/aromatic N) is 3. The van der Waals surface area contributed by atoms with Crippen LogP contribution in [-0.2, 0) is 4.74 Å². The number of ether oxygens (including phenoxy) is 2. The quantitative estimate of drug-likeness (QED) is 0.777. The van der Waals surface area contributed by atoms with Crippen molar-refractivity contribution in [2.24, 2.45) is 5.92 Å². The third-order valence-corrected chi connectivity index (χ3v) is 6.40. The predicted molar refractivity (Wildman–Crippen MR) is 110 cm³/mol. The first kappa shape index (κ1) is 19.5. The van der Waals surface area contributed by atoms with Crippen LogP contribution in [0.5, 0.6) is 5.75 Å². The minimum Gasteiger partial charge on any atom is -0.495 e. The van der Waals surface area contributed by atoms with Crippen LogP contribution < -0.4 is 9.64 Å².